The first-order valence-corrected chi connectivity index (χ1v) is 15.6. The van der Waals surface area contributed by atoms with Crippen molar-refractivity contribution in [2.75, 3.05) is 43.5 Å². The van der Waals surface area contributed by atoms with Crippen molar-refractivity contribution in [1.82, 2.24) is 4.31 Å². The summed E-state index contributed by atoms with van der Waals surface area (Å²) in [6, 6.07) is 5.53. The molecule has 192 valence electrons. The fourth-order valence-corrected chi connectivity index (χ4v) is 7.79. The van der Waals surface area contributed by atoms with Crippen LogP contribution in [0.15, 0.2) is 63.6 Å². The van der Waals surface area contributed by atoms with Crippen molar-refractivity contribution in [1.29, 1.82) is 4.78 Å². The number of benzene rings is 1. The molecule has 4 rings (SSSR count). The average molecular weight is 518 g/mol. The van der Waals surface area contributed by atoms with Crippen LogP contribution in [0.4, 0.5) is 5.69 Å². The second-order valence-corrected chi connectivity index (χ2v) is 13.7. The molecule has 6 nitrogen and oxygen atoms in total. The number of allylic oxidation sites excluding steroid dienone is 5. The smallest absolute Gasteiger partial charge is 0.152 e. The molecule has 1 aromatic carbocycles. The highest BCUT2D eigenvalue weighted by Gasteiger charge is 2.30. The van der Waals surface area contributed by atoms with Gasteiger partial charge in [0.15, 0.2) is 11.0 Å². The average Bonchev–Trinajstić information content (AvgIpc) is 3.10. The van der Waals surface area contributed by atoms with Gasteiger partial charge in [0.05, 0.1) is 31.0 Å². The minimum absolute atomic E-state index is 0.338. The van der Waals surface area contributed by atoms with Gasteiger partial charge < -0.3 is 9.64 Å². The Morgan fingerprint density at radius 1 is 1.23 bits per heavy atom. The summed E-state index contributed by atoms with van der Waals surface area (Å²) in [6.45, 7) is 10.1. The van der Waals surface area contributed by atoms with Crippen molar-refractivity contribution in [3.63, 3.8) is 0 Å². The van der Waals surface area contributed by atoms with Crippen LogP contribution in [0.3, 0.4) is 0 Å². The van der Waals surface area contributed by atoms with Gasteiger partial charge in [-0.25, -0.2) is 13.2 Å². The number of rotatable bonds is 8. The molecule has 3 aliphatic rings. The molecule has 0 aromatic heterocycles. The van der Waals surface area contributed by atoms with E-state index >= 15 is 0 Å². The van der Waals surface area contributed by atoms with Gasteiger partial charge in [-0.15, -0.1) is 0 Å². The third-order valence-electron chi connectivity index (χ3n) is 6.90. The molecule has 0 amide bonds. The lowest BCUT2D eigenvalue weighted by atomic mass is 9.99. The van der Waals surface area contributed by atoms with Crippen molar-refractivity contribution in [3.8, 4) is 0 Å². The molecular weight excluding hydrogens is 478 g/mol. The van der Waals surface area contributed by atoms with Gasteiger partial charge in [-0.3, -0.25) is 4.31 Å². The Morgan fingerprint density at radius 2 is 2.00 bits per heavy atom. The molecule has 2 unspecified atom stereocenters. The molecule has 1 N–H and O–H groups in total. The fraction of sp³-hybridized carbons (Fsp3) is 0.556. The summed E-state index contributed by atoms with van der Waals surface area (Å²) in [4.78, 5) is 3.54. The van der Waals surface area contributed by atoms with E-state index in [1.165, 1.54) is 5.57 Å². The molecule has 0 radical (unpaired) electrons. The zero-order valence-corrected chi connectivity index (χ0v) is 22.8. The van der Waals surface area contributed by atoms with Gasteiger partial charge in [0, 0.05) is 38.5 Å². The summed E-state index contributed by atoms with van der Waals surface area (Å²) in [5.74, 6) is 1.20. The van der Waals surface area contributed by atoms with Crippen molar-refractivity contribution in [2.24, 2.45) is 11.8 Å². The second kappa shape index (κ2) is 11.4. The fourth-order valence-electron chi connectivity index (χ4n) is 4.87. The largest absolute Gasteiger partial charge is 0.381 e. The van der Waals surface area contributed by atoms with E-state index in [1.807, 2.05) is 16.4 Å². The Kier molecular flexibility index (Phi) is 8.55. The molecule has 0 spiro atoms. The van der Waals surface area contributed by atoms with Crippen LogP contribution < -0.4 is 4.90 Å². The predicted octanol–water partition coefficient (Wildman–Crippen LogP) is 5.50. The van der Waals surface area contributed by atoms with Gasteiger partial charge in [0.1, 0.15) is 0 Å². The monoisotopic (exact) mass is 517 g/mol. The van der Waals surface area contributed by atoms with E-state index in [0.29, 0.717) is 40.5 Å². The maximum absolute atomic E-state index is 14.0. The van der Waals surface area contributed by atoms with Gasteiger partial charge in [-0.1, -0.05) is 44.6 Å². The van der Waals surface area contributed by atoms with Crippen molar-refractivity contribution in [3.05, 3.63) is 53.8 Å². The standard InChI is InChI=1S/C27H39N3O3S2/c1-4-22-6-5-7-24(9-8-22)30(19-21(2)3)34(31)25-10-11-27-26(18-25)29(14-17-35(27,28)32)20-23-12-15-33-16-13-23/h6-11,18,21,23,28H,4-5,12-17,19-20H2,1-3H3. The number of nitrogens with zero attached hydrogens (tertiary/aromatic N) is 2. The molecule has 2 heterocycles. The molecule has 8 heteroatoms. The summed E-state index contributed by atoms with van der Waals surface area (Å²) in [5.41, 5.74) is 3.07. The Bertz CT molecular complexity index is 1130. The number of hydrogen-bond donors (Lipinski definition) is 1. The van der Waals surface area contributed by atoms with Crippen molar-refractivity contribution < 1.29 is 13.2 Å². The highest BCUT2D eigenvalue weighted by atomic mass is 32.2. The van der Waals surface area contributed by atoms with Crippen LogP contribution in [-0.4, -0.2) is 51.3 Å². The number of hydrogen-bond acceptors (Lipinski definition) is 5. The lowest BCUT2D eigenvalue weighted by Gasteiger charge is -2.36. The summed E-state index contributed by atoms with van der Waals surface area (Å²) < 4.78 is 43.0. The zero-order valence-electron chi connectivity index (χ0n) is 21.2. The predicted molar refractivity (Wildman–Crippen MR) is 144 cm³/mol. The molecule has 1 aliphatic carbocycles. The van der Waals surface area contributed by atoms with E-state index in [9.17, 15) is 8.42 Å². The molecule has 1 fully saturated rings. The SMILES string of the molecule is CCC1=CCC=C(N(CC(C)C)S(=O)c2ccc3c(c2)N(CC2CCOCC2)CCS3(=N)=O)C=C1. The second-order valence-electron chi connectivity index (χ2n) is 10.0. The normalized spacial score (nSPS) is 23.9. The van der Waals surface area contributed by atoms with Gasteiger partial charge in [0.25, 0.3) is 0 Å². The molecule has 35 heavy (non-hydrogen) atoms. The van der Waals surface area contributed by atoms with Crippen molar-refractivity contribution in [2.45, 2.75) is 56.2 Å². The molecular formula is C27H39N3O3S2. The Labute approximate surface area is 213 Å². The molecule has 0 saturated carbocycles. The number of fused-ring (bicyclic) bond motifs is 1. The van der Waals surface area contributed by atoms with Crippen LogP contribution in [0.2, 0.25) is 0 Å². The summed E-state index contributed by atoms with van der Waals surface area (Å²) in [7, 11) is -4.25. The van der Waals surface area contributed by atoms with E-state index in [1.54, 1.807) is 6.07 Å². The maximum Gasteiger partial charge on any atom is 0.152 e. The maximum atomic E-state index is 14.0. The number of anilines is 1. The Balaban J connectivity index is 1.66. The van der Waals surface area contributed by atoms with Gasteiger partial charge in [-0.2, -0.15) is 0 Å². The summed E-state index contributed by atoms with van der Waals surface area (Å²) >= 11 is 0. The quantitative estimate of drug-likeness (QED) is 0.494. The van der Waals surface area contributed by atoms with E-state index in [2.05, 4.69) is 50.0 Å². The zero-order chi connectivity index (χ0) is 25.0. The van der Waals surface area contributed by atoms with Crippen molar-refractivity contribution >= 4 is 26.4 Å². The van der Waals surface area contributed by atoms with Crippen LogP contribution in [0, 0.1) is 16.6 Å². The third kappa shape index (κ3) is 6.27. The van der Waals surface area contributed by atoms with E-state index in [-0.39, 0.29) is 0 Å². The minimum atomic E-state index is -2.84. The number of ether oxygens (including phenoxy) is 1. The Hall–Kier alpha value is -1.90. The van der Waals surface area contributed by atoms with E-state index in [4.69, 9.17) is 9.52 Å². The molecule has 0 bridgehead atoms. The van der Waals surface area contributed by atoms with Crippen LogP contribution in [0.25, 0.3) is 0 Å². The number of nitrogens with one attached hydrogen (secondary N) is 1. The first kappa shape index (κ1) is 26.2. The van der Waals surface area contributed by atoms with Gasteiger partial charge >= 0.3 is 0 Å². The molecule has 2 atom stereocenters. The first-order valence-electron chi connectivity index (χ1n) is 12.8. The highest BCUT2D eigenvalue weighted by Crippen LogP contribution is 2.35. The molecule has 2 aliphatic heterocycles. The van der Waals surface area contributed by atoms with E-state index in [0.717, 1.165) is 56.8 Å². The van der Waals surface area contributed by atoms with Crippen LogP contribution in [0.1, 0.15) is 46.5 Å². The van der Waals surface area contributed by atoms with Gasteiger partial charge in [0.2, 0.25) is 0 Å². The summed E-state index contributed by atoms with van der Waals surface area (Å²) in [5, 5.41) is 0. The lowest BCUT2D eigenvalue weighted by Crippen LogP contribution is -2.39. The minimum Gasteiger partial charge on any atom is -0.381 e. The van der Waals surface area contributed by atoms with Gasteiger partial charge in [-0.05, 0) is 61.8 Å². The van der Waals surface area contributed by atoms with Crippen LogP contribution in [0.5, 0.6) is 0 Å². The van der Waals surface area contributed by atoms with Crippen LogP contribution in [-0.2, 0) is 25.5 Å². The third-order valence-corrected chi connectivity index (χ3v) is 10.1. The Morgan fingerprint density at radius 3 is 2.71 bits per heavy atom. The first-order chi connectivity index (χ1) is 16.8. The highest BCUT2D eigenvalue weighted by molar-refractivity contribution is 7.92. The molecule has 1 aromatic rings. The topological polar surface area (TPSA) is 73.7 Å². The lowest BCUT2D eigenvalue weighted by molar-refractivity contribution is 0.0682. The summed E-state index contributed by atoms with van der Waals surface area (Å²) in [6.07, 6.45) is 12.4. The van der Waals surface area contributed by atoms with Crippen LogP contribution >= 0.6 is 0 Å². The van der Waals surface area contributed by atoms with E-state index < -0.39 is 20.7 Å². The molecule has 1 saturated heterocycles.